The number of hydrogen-bond donors (Lipinski definition) is 1. The van der Waals surface area contributed by atoms with Crippen molar-refractivity contribution in [3.8, 4) is 0 Å². The van der Waals surface area contributed by atoms with Crippen LogP contribution in [0.15, 0.2) is 4.47 Å². The van der Waals surface area contributed by atoms with E-state index in [1.165, 1.54) is 6.92 Å². The van der Waals surface area contributed by atoms with Crippen molar-refractivity contribution in [2.45, 2.75) is 13.1 Å². The van der Waals surface area contributed by atoms with E-state index in [2.05, 4.69) is 25.9 Å². The smallest absolute Gasteiger partial charge is 0.383 e. The van der Waals surface area contributed by atoms with Crippen LogP contribution in [0.4, 0.5) is 19.0 Å². The number of aromatic nitrogens is 2. The number of nitrogens with two attached hydrogens (primary N) is 1. The molecular weight excluding hydrogens is 251 g/mol. The monoisotopic (exact) mass is 255 g/mol. The maximum absolute atomic E-state index is 12.1. The largest absolute Gasteiger partial charge is 0.451 e. The zero-order chi connectivity index (χ0) is 10.2. The van der Waals surface area contributed by atoms with Gasteiger partial charge in [0.05, 0.1) is 10.2 Å². The number of anilines is 1. The van der Waals surface area contributed by atoms with Crippen LogP contribution in [-0.4, -0.2) is 9.97 Å². The van der Waals surface area contributed by atoms with Crippen LogP contribution in [0.25, 0.3) is 0 Å². The third-order valence-corrected chi connectivity index (χ3v) is 2.28. The van der Waals surface area contributed by atoms with Crippen LogP contribution < -0.4 is 5.73 Å². The van der Waals surface area contributed by atoms with E-state index in [9.17, 15) is 13.2 Å². The summed E-state index contributed by atoms with van der Waals surface area (Å²) < 4.78 is 36.5. The molecule has 0 bridgehead atoms. The molecule has 0 saturated carbocycles. The number of hydrogen-bond acceptors (Lipinski definition) is 3. The van der Waals surface area contributed by atoms with Gasteiger partial charge >= 0.3 is 6.18 Å². The van der Waals surface area contributed by atoms with E-state index in [1.54, 1.807) is 0 Å². The number of aryl methyl sites for hydroxylation is 1. The Bertz CT molecular complexity index is 313. The summed E-state index contributed by atoms with van der Waals surface area (Å²) in [5, 5.41) is 0. The molecule has 0 aliphatic heterocycles. The second-order valence-corrected chi connectivity index (χ2v) is 3.12. The molecule has 1 heterocycles. The van der Waals surface area contributed by atoms with Gasteiger partial charge in [-0.25, -0.2) is 9.97 Å². The number of alkyl halides is 3. The van der Waals surface area contributed by atoms with Crippen molar-refractivity contribution in [2.24, 2.45) is 0 Å². The second-order valence-electron chi connectivity index (χ2n) is 2.33. The third-order valence-electron chi connectivity index (χ3n) is 1.30. The van der Waals surface area contributed by atoms with Crippen molar-refractivity contribution in [1.29, 1.82) is 0 Å². The molecule has 0 aliphatic rings. The lowest BCUT2D eigenvalue weighted by Crippen LogP contribution is -2.13. The van der Waals surface area contributed by atoms with Gasteiger partial charge in [0, 0.05) is 0 Å². The third kappa shape index (κ3) is 2.09. The predicted molar refractivity (Wildman–Crippen MR) is 43.9 cm³/mol. The quantitative estimate of drug-likeness (QED) is 0.773. The molecule has 1 aromatic heterocycles. The first-order chi connectivity index (χ1) is 5.82. The molecule has 0 aliphatic carbocycles. The summed E-state index contributed by atoms with van der Waals surface area (Å²) in [6, 6.07) is 0. The van der Waals surface area contributed by atoms with Crippen LogP contribution >= 0.6 is 15.9 Å². The molecule has 0 aromatic carbocycles. The molecule has 0 spiro atoms. The summed E-state index contributed by atoms with van der Waals surface area (Å²) in [6.45, 7) is 1.41. The molecule has 72 valence electrons. The van der Waals surface area contributed by atoms with Gasteiger partial charge in [-0.2, -0.15) is 13.2 Å². The fourth-order valence-electron chi connectivity index (χ4n) is 0.708. The number of nitrogens with zero attached hydrogens (tertiary/aromatic N) is 2. The summed E-state index contributed by atoms with van der Waals surface area (Å²) in [5.74, 6) is -1.43. The highest BCUT2D eigenvalue weighted by Gasteiger charge is 2.35. The molecule has 0 fully saturated rings. The van der Waals surface area contributed by atoms with Gasteiger partial charge in [0.15, 0.2) is 0 Å². The van der Waals surface area contributed by atoms with Crippen LogP contribution in [0.1, 0.15) is 11.5 Å². The van der Waals surface area contributed by atoms with E-state index in [-0.39, 0.29) is 11.5 Å². The minimum Gasteiger partial charge on any atom is -0.383 e. The molecule has 3 nitrogen and oxygen atoms in total. The SMILES string of the molecule is Cc1nc(C(F)(F)F)nc(N)c1Br. The summed E-state index contributed by atoms with van der Waals surface area (Å²) in [5.41, 5.74) is 5.39. The van der Waals surface area contributed by atoms with Crippen molar-refractivity contribution in [1.82, 2.24) is 9.97 Å². The van der Waals surface area contributed by atoms with Gasteiger partial charge in [0.2, 0.25) is 5.82 Å². The van der Waals surface area contributed by atoms with Crippen LogP contribution in [0, 0.1) is 6.92 Å². The van der Waals surface area contributed by atoms with Gasteiger partial charge in [0.25, 0.3) is 0 Å². The molecule has 13 heavy (non-hydrogen) atoms. The minimum absolute atomic E-state index is 0.167. The van der Waals surface area contributed by atoms with Crippen molar-refractivity contribution in [3.63, 3.8) is 0 Å². The highest BCUT2D eigenvalue weighted by Crippen LogP contribution is 2.29. The zero-order valence-electron chi connectivity index (χ0n) is 6.48. The fourth-order valence-corrected chi connectivity index (χ4v) is 0.886. The maximum atomic E-state index is 12.1. The van der Waals surface area contributed by atoms with Crippen LogP contribution in [0.5, 0.6) is 0 Å². The van der Waals surface area contributed by atoms with Gasteiger partial charge in [-0.05, 0) is 22.9 Å². The molecule has 1 rings (SSSR count). The Morgan fingerprint density at radius 1 is 1.31 bits per heavy atom. The first-order valence-electron chi connectivity index (χ1n) is 3.19. The zero-order valence-corrected chi connectivity index (χ0v) is 8.07. The van der Waals surface area contributed by atoms with Crippen LogP contribution in [0.2, 0.25) is 0 Å². The average Bonchev–Trinajstić information content (AvgIpc) is 1.97. The van der Waals surface area contributed by atoms with E-state index in [0.717, 1.165) is 0 Å². The van der Waals surface area contributed by atoms with E-state index in [1.807, 2.05) is 0 Å². The van der Waals surface area contributed by atoms with E-state index < -0.39 is 12.0 Å². The second kappa shape index (κ2) is 3.13. The minimum atomic E-state index is -4.56. The van der Waals surface area contributed by atoms with Crippen molar-refractivity contribution in [2.75, 3.05) is 5.73 Å². The number of halogens is 4. The molecular formula is C6H5BrF3N3. The molecule has 7 heteroatoms. The fraction of sp³-hybridized carbons (Fsp3) is 0.333. The summed E-state index contributed by atoms with van der Waals surface area (Å²) >= 11 is 2.96. The summed E-state index contributed by atoms with van der Waals surface area (Å²) in [7, 11) is 0. The Morgan fingerprint density at radius 3 is 2.23 bits per heavy atom. The lowest BCUT2D eigenvalue weighted by Gasteiger charge is -2.07. The molecule has 0 unspecified atom stereocenters. The molecule has 0 saturated heterocycles. The van der Waals surface area contributed by atoms with E-state index in [0.29, 0.717) is 4.47 Å². The maximum Gasteiger partial charge on any atom is 0.451 e. The molecule has 2 N–H and O–H groups in total. The van der Waals surface area contributed by atoms with E-state index in [4.69, 9.17) is 5.73 Å². The van der Waals surface area contributed by atoms with Gasteiger partial charge in [0.1, 0.15) is 5.82 Å². The van der Waals surface area contributed by atoms with Crippen LogP contribution in [0.3, 0.4) is 0 Å². The van der Waals surface area contributed by atoms with Crippen LogP contribution in [-0.2, 0) is 6.18 Å². The first kappa shape index (κ1) is 10.2. The molecule has 1 aromatic rings. The molecule has 0 amide bonds. The first-order valence-corrected chi connectivity index (χ1v) is 3.98. The average molecular weight is 256 g/mol. The van der Waals surface area contributed by atoms with Gasteiger partial charge < -0.3 is 5.73 Å². The number of rotatable bonds is 0. The number of nitrogen functional groups attached to an aromatic ring is 1. The Hall–Kier alpha value is -0.850. The summed E-state index contributed by atoms with van der Waals surface area (Å²) in [4.78, 5) is 6.34. The van der Waals surface area contributed by atoms with Crippen molar-refractivity contribution < 1.29 is 13.2 Å². The Kier molecular flexibility index (Phi) is 2.47. The molecule has 0 radical (unpaired) electrons. The van der Waals surface area contributed by atoms with Crippen molar-refractivity contribution >= 4 is 21.7 Å². The summed E-state index contributed by atoms with van der Waals surface area (Å²) in [6.07, 6.45) is -4.56. The molecule has 0 atom stereocenters. The van der Waals surface area contributed by atoms with Crippen molar-refractivity contribution in [3.05, 3.63) is 16.0 Å². The lowest BCUT2D eigenvalue weighted by molar-refractivity contribution is -0.145. The Balaban J connectivity index is 3.29. The van der Waals surface area contributed by atoms with Gasteiger partial charge in [-0.1, -0.05) is 0 Å². The topological polar surface area (TPSA) is 51.8 Å². The van der Waals surface area contributed by atoms with E-state index >= 15 is 0 Å². The van der Waals surface area contributed by atoms with Gasteiger partial charge in [-0.15, -0.1) is 0 Å². The lowest BCUT2D eigenvalue weighted by atomic mass is 10.4. The Labute approximate surface area is 80.3 Å². The highest BCUT2D eigenvalue weighted by molar-refractivity contribution is 9.10. The highest BCUT2D eigenvalue weighted by atomic mass is 79.9. The standard InChI is InChI=1S/C6H5BrF3N3/c1-2-3(7)4(11)13-5(12-2)6(8,9)10/h1H3,(H2,11,12,13). The normalized spacial score (nSPS) is 11.8. The predicted octanol–water partition coefficient (Wildman–Crippen LogP) is 2.15. The van der Waals surface area contributed by atoms with Gasteiger partial charge in [-0.3, -0.25) is 0 Å². The Morgan fingerprint density at radius 2 is 1.85 bits per heavy atom.